The Balaban J connectivity index is 2.58. The van der Waals surface area contributed by atoms with Crippen molar-refractivity contribution in [2.24, 2.45) is 0 Å². The van der Waals surface area contributed by atoms with Gasteiger partial charge in [0.05, 0.1) is 11.3 Å². The molecule has 0 spiro atoms. The number of aromatic nitrogens is 3. The van der Waals surface area contributed by atoms with Gasteiger partial charge in [-0.1, -0.05) is 12.1 Å². The normalized spacial score (nSPS) is 10.0. The Morgan fingerprint density at radius 1 is 1.36 bits per heavy atom. The van der Waals surface area contributed by atoms with Crippen LogP contribution in [0.15, 0.2) is 36.9 Å². The summed E-state index contributed by atoms with van der Waals surface area (Å²) in [4.78, 5) is 14.6. The molecular weight excluding hydrogens is 182 g/mol. The fraction of sp³-hybridized carbons (Fsp3) is 0. The number of aromatic carboxylic acids is 1. The summed E-state index contributed by atoms with van der Waals surface area (Å²) in [7, 11) is 0. The van der Waals surface area contributed by atoms with Crippen LogP contribution < -0.4 is 0 Å². The van der Waals surface area contributed by atoms with E-state index in [4.69, 9.17) is 5.11 Å². The minimum atomic E-state index is -0.976. The Hall–Kier alpha value is -2.17. The average Bonchev–Trinajstić information content (AvgIpc) is 2.70. The molecule has 0 fully saturated rings. The number of benzene rings is 1. The van der Waals surface area contributed by atoms with Crippen LogP contribution in [0.5, 0.6) is 0 Å². The summed E-state index contributed by atoms with van der Waals surface area (Å²) in [5.74, 6) is -0.976. The van der Waals surface area contributed by atoms with Crippen molar-refractivity contribution in [2.45, 2.75) is 0 Å². The van der Waals surface area contributed by atoms with Crippen LogP contribution in [0, 0.1) is 0 Å². The molecule has 0 bridgehead atoms. The molecule has 2 aromatic rings. The predicted octanol–water partition coefficient (Wildman–Crippen LogP) is 0.965. The van der Waals surface area contributed by atoms with Crippen molar-refractivity contribution >= 4 is 5.97 Å². The second-order valence-electron chi connectivity index (χ2n) is 2.66. The van der Waals surface area contributed by atoms with E-state index >= 15 is 0 Å². The Labute approximate surface area is 79.6 Å². The number of carboxylic acids is 1. The SMILES string of the molecule is O=C(O)c1ccccc1-n1cncn1. The van der Waals surface area contributed by atoms with Crippen molar-refractivity contribution in [1.29, 1.82) is 0 Å². The lowest BCUT2D eigenvalue weighted by Crippen LogP contribution is -2.05. The van der Waals surface area contributed by atoms with Gasteiger partial charge in [-0.15, -0.1) is 0 Å². The van der Waals surface area contributed by atoms with Gasteiger partial charge in [0.2, 0.25) is 0 Å². The molecule has 0 saturated heterocycles. The Kier molecular flexibility index (Phi) is 1.98. The van der Waals surface area contributed by atoms with Gasteiger partial charge in [0, 0.05) is 0 Å². The van der Waals surface area contributed by atoms with E-state index in [1.807, 2.05) is 0 Å². The highest BCUT2D eigenvalue weighted by Gasteiger charge is 2.10. The first-order chi connectivity index (χ1) is 6.79. The Bertz CT molecular complexity index is 451. The molecule has 0 unspecified atom stereocenters. The first-order valence-corrected chi connectivity index (χ1v) is 3.96. The van der Waals surface area contributed by atoms with Crippen LogP contribution in [-0.4, -0.2) is 25.8 Å². The number of carboxylic acid groups (broad SMARTS) is 1. The van der Waals surface area contributed by atoms with Crippen molar-refractivity contribution in [3.05, 3.63) is 42.5 Å². The molecule has 5 nitrogen and oxygen atoms in total. The van der Waals surface area contributed by atoms with Gasteiger partial charge in [0.15, 0.2) is 0 Å². The van der Waals surface area contributed by atoms with E-state index < -0.39 is 5.97 Å². The van der Waals surface area contributed by atoms with Gasteiger partial charge >= 0.3 is 5.97 Å². The zero-order chi connectivity index (χ0) is 9.97. The summed E-state index contributed by atoms with van der Waals surface area (Å²) in [6, 6.07) is 6.63. The molecule has 2 rings (SSSR count). The fourth-order valence-electron chi connectivity index (χ4n) is 1.19. The molecule has 14 heavy (non-hydrogen) atoms. The molecule has 1 aromatic carbocycles. The largest absolute Gasteiger partial charge is 0.478 e. The van der Waals surface area contributed by atoms with Crippen LogP contribution in [0.1, 0.15) is 10.4 Å². The van der Waals surface area contributed by atoms with Gasteiger partial charge < -0.3 is 5.11 Å². The topological polar surface area (TPSA) is 68.0 Å². The van der Waals surface area contributed by atoms with Crippen LogP contribution in [0.2, 0.25) is 0 Å². The molecule has 0 radical (unpaired) electrons. The Morgan fingerprint density at radius 3 is 2.79 bits per heavy atom. The van der Waals surface area contributed by atoms with Crippen LogP contribution in [0.25, 0.3) is 5.69 Å². The highest BCUT2D eigenvalue weighted by Crippen LogP contribution is 2.12. The highest BCUT2D eigenvalue weighted by molar-refractivity contribution is 5.91. The van der Waals surface area contributed by atoms with E-state index in [2.05, 4.69) is 10.1 Å². The molecule has 0 aliphatic carbocycles. The second-order valence-corrected chi connectivity index (χ2v) is 2.66. The third-order valence-electron chi connectivity index (χ3n) is 1.80. The van der Waals surface area contributed by atoms with Crippen molar-refractivity contribution in [1.82, 2.24) is 14.8 Å². The molecule has 0 atom stereocenters. The molecule has 0 aliphatic rings. The Morgan fingerprint density at radius 2 is 2.14 bits per heavy atom. The summed E-state index contributed by atoms with van der Waals surface area (Å²) < 4.78 is 1.42. The number of carbonyl (C=O) groups is 1. The number of nitrogens with zero attached hydrogens (tertiary/aromatic N) is 3. The molecule has 0 aliphatic heterocycles. The lowest BCUT2D eigenvalue weighted by Gasteiger charge is -2.03. The van der Waals surface area contributed by atoms with Crippen LogP contribution in [0.3, 0.4) is 0 Å². The van der Waals surface area contributed by atoms with E-state index in [9.17, 15) is 4.79 Å². The van der Waals surface area contributed by atoms with Gasteiger partial charge in [0.25, 0.3) is 0 Å². The number of rotatable bonds is 2. The van der Waals surface area contributed by atoms with E-state index in [0.717, 1.165) is 0 Å². The van der Waals surface area contributed by atoms with E-state index in [-0.39, 0.29) is 5.56 Å². The van der Waals surface area contributed by atoms with Gasteiger partial charge in [-0.2, -0.15) is 5.10 Å². The quantitative estimate of drug-likeness (QED) is 0.764. The van der Waals surface area contributed by atoms with Crippen molar-refractivity contribution < 1.29 is 9.90 Å². The molecule has 1 aromatic heterocycles. The third kappa shape index (κ3) is 1.35. The maximum absolute atomic E-state index is 10.9. The maximum Gasteiger partial charge on any atom is 0.337 e. The summed E-state index contributed by atoms with van der Waals surface area (Å²) >= 11 is 0. The van der Waals surface area contributed by atoms with Crippen LogP contribution in [0.4, 0.5) is 0 Å². The minimum Gasteiger partial charge on any atom is -0.478 e. The summed E-state index contributed by atoms with van der Waals surface area (Å²) in [5, 5.41) is 12.8. The molecule has 1 N–H and O–H groups in total. The van der Waals surface area contributed by atoms with Gasteiger partial charge in [-0.3, -0.25) is 0 Å². The lowest BCUT2D eigenvalue weighted by molar-refractivity contribution is 0.0696. The smallest absolute Gasteiger partial charge is 0.337 e. The van der Waals surface area contributed by atoms with E-state index in [1.165, 1.54) is 23.4 Å². The molecular formula is C9H7N3O2. The predicted molar refractivity (Wildman–Crippen MR) is 48.3 cm³/mol. The molecule has 0 saturated carbocycles. The van der Waals surface area contributed by atoms with Crippen molar-refractivity contribution in [2.75, 3.05) is 0 Å². The zero-order valence-electron chi connectivity index (χ0n) is 7.16. The third-order valence-corrected chi connectivity index (χ3v) is 1.80. The summed E-state index contributed by atoms with van der Waals surface area (Å²) in [6.45, 7) is 0. The number of para-hydroxylation sites is 1. The molecule has 0 amide bonds. The van der Waals surface area contributed by atoms with Crippen molar-refractivity contribution in [3.8, 4) is 5.69 Å². The summed E-state index contributed by atoms with van der Waals surface area (Å²) in [6.07, 6.45) is 2.82. The van der Waals surface area contributed by atoms with Crippen LogP contribution >= 0.6 is 0 Å². The van der Waals surface area contributed by atoms with Crippen molar-refractivity contribution in [3.63, 3.8) is 0 Å². The second kappa shape index (κ2) is 3.29. The monoisotopic (exact) mass is 189 g/mol. The molecule has 5 heteroatoms. The highest BCUT2D eigenvalue weighted by atomic mass is 16.4. The zero-order valence-corrected chi connectivity index (χ0v) is 7.16. The first kappa shape index (κ1) is 8.43. The summed E-state index contributed by atoms with van der Waals surface area (Å²) in [5.41, 5.74) is 0.718. The number of hydrogen-bond donors (Lipinski definition) is 1. The van der Waals surface area contributed by atoms with Gasteiger partial charge in [-0.05, 0) is 12.1 Å². The fourth-order valence-corrected chi connectivity index (χ4v) is 1.19. The number of hydrogen-bond acceptors (Lipinski definition) is 3. The lowest BCUT2D eigenvalue weighted by atomic mass is 10.2. The maximum atomic E-state index is 10.9. The minimum absolute atomic E-state index is 0.206. The molecule has 1 heterocycles. The first-order valence-electron chi connectivity index (χ1n) is 3.96. The molecule has 70 valence electrons. The standard InChI is InChI=1S/C9H7N3O2/c13-9(14)7-3-1-2-4-8(7)12-6-10-5-11-12/h1-6H,(H,13,14). The van der Waals surface area contributed by atoms with Crippen LogP contribution in [-0.2, 0) is 0 Å². The average molecular weight is 189 g/mol. The van der Waals surface area contributed by atoms with Gasteiger partial charge in [-0.25, -0.2) is 14.5 Å². The van der Waals surface area contributed by atoms with E-state index in [0.29, 0.717) is 5.69 Å². The van der Waals surface area contributed by atoms with Gasteiger partial charge in [0.1, 0.15) is 12.7 Å². The van der Waals surface area contributed by atoms with E-state index in [1.54, 1.807) is 18.2 Å².